The van der Waals surface area contributed by atoms with Crippen LogP contribution in [0.5, 0.6) is 0 Å². The topological polar surface area (TPSA) is 69.0 Å². The third kappa shape index (κ3) is 5.58. The number of rotatable bonds is 7. The highest BCUT2D eigenvalue weighted by Gasteiger charge is 2.28. The molecule has 172 valence electrons. The van der Waals surface area contributed by atoms with Gasteiger partial charge in [-0.1, -0.05) is 31.2 Å². The first-order chi connectivity index (χ1) is 15.6. The molecule has 0 unspecified atom stereocenters. The maximum absolute atomic E-state index is 12.8. The van der Waals surface area contributed by atoms with Crippen LogP contribution < -0.4 is 5.32 Å². The van der Waals surface area contributed by atoms with Crippen LogP contribution in [0.1, 0.15) is 41.3 Å². The molecule has 2 aliphatic rings. The fraction of sp³-hybridized carbons (Fsp3) is 0.520. The van der Waals surface area contributed by atoms with Crippen LogP contribution >= 0.6 is 0 Å². The summed E-state index contributed by atoms with van der Waals surface area (Å²) in [5, 5.41) is 3.15. The largest absolute Gasteiger partial charge is 0.472 e. The van der Waals surface area contributed by atoms with Gasteiger partial charge in [0.1, 0.15) is 6.26 Å². The van der Waals surface area contributed by atoms with Crippen molar-refractivity contribution in [1.82, 2.24) is 20.0 Å². The number of nitrogens with one attached hydrogen (secondary N) is 1. The molecule has 0 bridgehead atoms. The summed E-state index contributed by atoms with van der Waals surface area (Å²) in [5.41, 5.74) is 3.05. The molecule has 7 heteroatoms. The fourth-order valence-electron chi connectivity index (χ4n) is 4.63. The Bertz CT molecular complexity index is 882. The minimum atomic E-state index is -0.0438. The van der Waals surface area contributed by atoms with E-state index >= 15 is 0 Å². The van der Waals surface area contributed by atoms with E-state index in [1.54, 1.807) is 6.07 Å². The zero-order chi connectivity index (χ0) is 22.3. The molecule has 3 heterocycles. The molecule has 0 aliphatic carbocycles. The predicted octanol–water partition coefficient (Wildman–Crippen LogP) is 2.59. The molecule has 2 aliphatic heterocycles. The third-order valence-electron chi connectivity index (χ3n) is 6.80. The van der Waals surface area contributed by atoms with Crippen LogP contribution in [-0.2, 0) is 17.9 Å². The lowest BCUT2D eigenvalue weighted by molar-refractivity contribution is -0.126. The average molecular weight is 439 g/mol. The standard InChI is InChI=1S/C25H34N4O3/c1-2-27-12-14-28(15-13-27)18-22-6-4-3-5-21(22)17-26-24(30)20-7-10-29(11-8-20)25(31)23-9-16-32-19-23/h3-6,9,16,19-20H,2,7-8,10-15,17-18H2,1H3,(H,26,30). The van der Waals surface area contributed by atoms with E-state index in [1.807, 2.05) is 11.0 Å². The lowest BCUT2D eigenvalue weighted by Crippen LogP contribution is -2.45. The highest BCUT2D eigenvalue weighted by molar-refractivity contribution is 5.94. The Morgan fingerprint density at radius 3 is 2.31 bits per heavy atom. The molecule has 4 rings (SSSR count). The van der Waals surface area contributed by atoms with Gasteiger partial charge in [0.05, 0.1) is 11.8 Å². The maximum atomic E-state index is 12.8. The summed E-state index contributed by atoms with van der Waals surface area (Å²) in [7, 11) is 0. The number of furan rings is 1. The van der Waals surface area contributed by atoms with Crippen LogP contribution in [0.3, 0.4) is 0 Å². The molecular weight excluding hydrogens is 404 g/mol. The van der Waals surface area contributed by atoms with Crippen LogP contribution in [-0.4, -0.2) is 72.3 Å². The van der Waals surface area contributed by atoms with Crippen LogP contribution in [0.4, 0.5) is 0 Å². The molecule has 7 nitrogen and oxygen atoms in total. The van der Waals surface area contributed by atoms with E-state index in [9.17, 15) is 9.59 Å². The van der Waals surface area contributed by atoms with Gasteiger partial charge in [-0.05, 0) is 36.6 Å². The van der Waals surface area contributed by atoms with Crippen molar-refractivity contribution in [3.05, 3.63) is 59.5 Å². The van der Waals surface area contributed by atoms with Gasteiger partial charge in [-0.3, -0.25) is 14.5 Å². The molecule has 1 aromatic carbocycles. The zero-order valence-corrected chi connectivity index (χ0v) is 19.0. The second-order valence-electron chi connectivity index (χ2n) is 8.78. The molecular formula is C25H34N4O3. The van der Waals surface area contributed by atoms with Gasteiger partial charge >= 0.3 is 0 Å². The second kappa shape index (κ2) is 10.8. The Kier molecular flexibility index (Phi) is 7.60. The molecule has 32 heavy (non-hydrogen) atoms. The fourth-order valence-corrected chi connectivity index (χ4v) is 4.63. The van der Waals surface area contributed by atoms with Crippen molar-refractivity contribution in [1.29, 1.82) is 0 Å². The number of hydrogen-bond acceptors (Lipinski definition) is 5. The summed E-state index contributed by atoms with van der Waals surface area (Å²) in [6, 6.07) is 10.1. The van der Waals surface area contributed by atoms with Gasteiger partial charge in [-0.25, -0.2) is 0 Å². The van der Waals surface area contributed by atoms with E-state index in [1.165, 1.54) is 23.7 Å². The Balaban J connectivity index is 1.25. The number of nitrogens with zero attached hydrogens (tertiary/aromatic N) is 3. The van der Waals surface area contributed by atoms with E-state index in [4.69, 9.17) is 4.42 Å². The first kappa shape index (κ1) is 22.6. The Morgan fingerprint density at radius 1 is 0.969 bits per heavy atom. The Labute approximate surface area is 190 Å². The van der Waals surface area contributed by atoms with Crippen molar-refractivity contribution in [3.8, 4) is 0 Å². The summed E-state index contributed by atoms with van der Waals surface area (Å²) in [6.07, 6.45) is 4.37. The van der Waals surface area contributed by atoms with E-state index < -0.39 is 0 Å². The monoisotopic (exact) mass is 438 g/mol. The van der Waals surface area contributed by atoms with E-state index in [0.29, 0.717) is 38.0 Å². The highest BCUT2D eigenvalue weighted by Crippen LogP contribution is 2.20. The number of hydrogen-bond donors (Lipinski definition) is 1. The number of piperazine rings is 1. The number of benzene rings is 1. The van der Waals surface area contributed by atoms with Crippen molar-refractivity contribution in [2.75, 3.05) is 45.8 Å². The summed E-state index contributed by atoms with van der Waals surface area (Å²) < 4.78 is 5.01. The van der Waals surface area contributed by atoms with Crippen molar-refractivity contribution in [2.45, 2.75) is 32.9 Å². The number of piperidine rings is 1. The SMILES string of the molecule is CCN1CCN(Cc2ccccc2CNC(=O)C2CCN(C(=O)c3ccoc3)CC2)CC1. The van der Waals surface area contributed by atoms with Crippen LogP contribution in [0.15, 0.2) is 47.3 Å². The molecule has 2 saturated heterocycles. The quantitative estimate of drug-likeness (QED) is 0.720. The number of carbonyl (C=O) groups is 2. The number of carbonyl (C=O) groups excluding carboxylic acids is 2. The van der Waals surface area contributed by atoms with Gasteiger partial charge in [0.2, 0.25) is 5.91 Å². The van der Waals surface area contributed by atoms with Gasteiger partial charge in [0.15, 0.2) is 0 Å². The highest BCUT2D eigenvalue weighted by atomic mass is 16.3. The van der Waals surface area contributed by atoms with Crippen LogP contribution in [0, 0.1) is 5.92 Å². The minimum Gasteiger partial charge on any atom is -0.472 e. The maximum Gasteiger partial charge on any atom is 0.257 e. The number of amides is 2. The van der Waals surface area contributed by atoms with Crippen LogP contribution in [0.25, 0.3) is 0 Å². The molecule has 2 aromatic rings. The second-order valence-corrected chi connectivity index (χ2v) is 8.78. The van der Waals surface area contributed by atoms with Crippen molar-refractivity contribution in [3.63, 3.8) is 0 Å². The summed E-state index contributed by atoms with van der Waals surface area (Å²) in [5.74, 6) is 0.0239. The van der Waals surface area contributed by atoms with Gasteiger partial charge in [0.25, 0.3) is 5.91 Å². The van der Waals surface area contributed by atoms with Gasteiger partial charge in [-0.2, -0.15) is 0 Å². The number of likely N-dealkylation sites (tertiary alicyclic amines) is 1. The van der Waals surface area contributed by atoms with Crippen molar-refractivity contribution < 1.29 is 14.0 Å². The Morgan fingerprint density at radius 2 is 1.66 bits per heavy atom. The first-order valence-corrected chi connectivity index (χ1v) is 11.7. The predicted molar refractivity (Wildman–Crippen MR) is 123 cm³/mol. The van der Waals surface area contributed by atoms with Gasteiger partial charge in [0, 0.05) is 58.3 Å². The molecule has 0 spiro atoms. The van der Waals surface area contributed by atoms with E-state index in [0.717, 1.165) is 39.3 Å². The van der Waals surface area contributed by atoms with Gasteiger partial charge in [-0.15, -0.1) is 0 Å². The number of likely N-dealkylation sites (N-methyl/N-ethyl adjacent to an activating group) is 1. The summed E-state index contributed by atoms with van der Waals surface area (Å²) in [4.78, 5) is 32.0. The first-order valence-electron chi connectivity index (χ1n) is 11.7. The van der Waals surface area contributed by atoms with E-state index in [-0.39, 0.29) is 17.7 Å². The lowest BCUT2D eigenvalue weighted by atomic mass is 9.95. The van der Waals surface area contributed by atoms with Crippen molar-refractivity contribution >= 4 is 11.8 Å². The zero-order valence-electron chi connectivity index (χ0n) is 19.0. The summed E-state index contributed by atoms with van der Waals surface area (Å²) in [6.45, 7) is 10.4. The van der Waals surface area contributed by atoms with Crippen molar-refractivity contribution in [2.24, 2.45) is 5.92 Å². The molecule has 0 atom stereocenters. The lowest BCUT2D eigenvalue weighted by Gasteiger charge is -2.34. The molecule has 1 aromatic heterocycles. The minimum absolute atomic E-state index is 0.0219. The smallest absolute Gasteiger partial charge is 0.257 e. The van der Waals surface area contributed by atoms with Gasteiger partial charge < -0.3 is 19.5 Å². The van der Waals surface area contributed by atoms with E-state index in [2.05, 4.69) is 40.2 Å². The normalized spacial score (nSPS) is 18.6. The third-order valence-corrected chi connectivity index (χ3v) is 6.80. The molecule has 1 N–H and O–H groups in total. The molecule has 0 radical (unpaired) electrons. The van der Waals surface area contributed by atoms with Crippen LogP contribution in [0.2, 0.25) is 0 Å². The molecule has 0 saturated carbocycles. The Hall–Kier alpha value is -2.64. The summed E-state index contributed by atoms with van der Waals surface area (Å²) >= 11 is 0. The molecule has 2 fully saturated rings. The average Bonchev–Trinajstić information content (AvgIpc) is 3.38. The molecule has 2 amide bonds.